The van der Waals surface area contributed by atoms with Gasteiger partial charge in [-0.2, -0.15) is 18.4 Å². The normalized spacial score (nSPS) is 15.1. The van der Waals surface area contributed by atoms with E-state index in [0.717, 1.165) is 12.1 Å². The van der Waals surface area contributed by atoms with Crippen LogP contribution in [-0.2, 0) is 26.6 Å². The Morgan fingerprint density at radius 2 is 1.73 bits per heavy atom. The van der Waals surface area contributed by atoms with Crippen LogP contribution in [0.15, 0.2) is 66.7 Å². The molecule has 3 amide bonds. The maximum absolute atomic E-state index is 13.6. The third-order valence-electron chi connectivity index (χ3n) is 6.40. The van der Waals surface area contributed by atoms with Crippen LogP contribution in [0.5, 0.6) is 5.75 Å². The number of nitrogens with zero attached hydrogens (tertiary/aromatic N) is 3. The molecule has 212 valence electrons. The molecule has 1 atom stereocenters. The van der Waals surface area contributed by atoms with Gasteiger partial charge in [-0.15, -0.1) is 4.52 Å². The number of rotatable bonds is 9. The highest BCUT2D eigenvalue weighted by atomic mass is 31.1. The van der Waals surface area contributed by atoms with E-state index in [2.05, 4.69) is 5.32 Å². The van der Waals surface area contributed by atoms with Gasteiger partial charge in [-0.1, -0.05) is 18.2 Å². The minimum atomic E-state index is -4.85. The number of para-hydroxylation sites is 1. The van der Waals surface area contributed by atoms with Crippen molar-refractivity contribution in [1.82, 2.24) is 4.90 Å². The van der Waals surface area contributed by atoms with Crippen LogP contribution in [0.25, 0.3) is 0 Å². The summed E-state index contributed by atoms with van der Waals surface area (Å²) in [5.41, 5.74) is -1.59. The molecule has 3 aromatic carbocycles. The number of carbonyl (C=O) groups excluding carboxylic acids is 2. The van der Waals surface area contributed by atoms with E-state index in [1.54, 1.807) is 55.5 Å². The second-order valence-corrected chi connectivity index (χ2v) is 10.3. The fourth-order valence-electron chi connectivity index (χ4n) is 4.25. The van der Waals surface area contributed by atoms with Crippen molar-refractivity contribution in [3.8, 4) is 11.8 Å². The summed E-state index contributed by atoms with van der Waals surface area (Å²) in [7, 11) is -2.29. The van der Waals surface area contributed by atoms with Crippen LogP contribution in [-0.4, -0.2) is 29.0 Å². The molecule has 41 heavy (non-hydrogen) atoms. The first kappa shape index (κ1) is 29.5. The Bertz CT molecular complexity index is 1540. The molecule has 13 heteroatoms. The molecule has 0 aliphatic carbocycles. The molecule has 0 saturated carbocycles. The third kappa shape index (κ3) is 6.16. The van der Waals surface area contributed by atoms with Gasteiger partial charge in [-0.3, -0.25) is 4.79 Å². The number of nitriles is 1. The average molecular weight is 585 g/mol. The predicted octanol–water partition coefficient (Wildman–Crippen LogP) is 7.14. The molecule has 0 radical (unpaired) electrons. The smallest absolute Gasteiger partial charge is 0.355 e. The number of alkyl halides is 3. The summed E-state index contributed by atoms with van der Waals surface area (Å²) in [4.78, 5) is 28.8. The van der Waals surface area contributed by atoms with E-state index in [4.69, 9.17) is 14.3 Å². The number of hydrogen-bond donors (Lipinski definition) is 1. The second kappa shape index (κ2) is 11.6. The summed E-state index contributed by atoms with van der Waals surface area (Å²) >= 11 is 0. The fraction of sp³-hybridized carbons (Fsp3) is 0.250. The van der Waals surface area contributed by atoms with Gasteiger partial charge in [0.25, 0.3) is 5.91 Å². The maximum Gasteiger partial charge on any atom is 0.750 e. The third-order valence-corrected chi connectivity index (χ3v) is 7.23. The number of urea groups is 1. The van der Waals surface area contributed by atoms with Crippen molar-refractivity contribution in [2.24, 2.45) is 0 Å². The molecule has 1 N–H and O–H groups in total. The molecule has 1 fully saturated rings. The SMILES string of the molecule is CCO[P+](=O)Oc1ccc(Nc2ccccc2CN2C(=O)N(c3ccc(C#N)c(C(F)(F)F)c3)C(=O)C2(C)C)cc1. The largest absolute Gasteiger partial charge is 0.750 e. The molecule has 1 aliphatic rings. The number of hydrogen-bond acceptors (Lipinski definition) is 7. The first-order valence-electron chi connectivity index (χ1n) is 12.4. The van der Waals surface area contributed by atoms with Crippen LogP contribution < -0.4 is 14.7 Å². The number of benzene rings is 3. The van der Waals surface area contributed by atoms with Gasteiger partial charge in [0.1, 0.15) is 12.1 Å². The van der Waals surface area contributed by atoms with Crippen LogP contribution in [0.2, 0.25) is 0 Å². The highest BCUT2D eigenvalue weighted by Crippen LogP contribution is 2.39. The summed E-state index contributed by atoms with van der Waals surface area (Å²) in [5, 5.41) is 12.3. The first-order chi connectivity index (χ1) is 19.4. The number of anilines is 3. The van der Waals surface area contributed by atoms with Gasteiger partial charge in [0.2, 0.25) is 0 Å². The van der Waals surface area contributed by atoms with Gasteiger partial charge in [0.05, 0.1) is 29.4 Å². The number of imide groups is 1. The van der Waals surface area contributed by atoms with E-state index in [9.17, 15) is 27.3 Å². The van der Waals surface area contributed by atoms with E-state index in [0.29, 0.717) is 33.7 Å². The topological polar surface area (TPSA) is 112 Å². The summed E-state index contributed by atoms with van der Waals surface area (Å²) in [5.74, 6) is -0.357. The lowest BCUT2D eigenvalue weighted by atomic mass is 10.0. The summed E-state index contributed by atoms with van der Waals surface area (Å²) in [6, 6.07) is 17.1. The van der Waals surface area contributed by atoms with E-state index in [1.165, 1.54) is 24.8 Å². The van der Waals surface area contributed by atoms with Crippen LogP contribution in [0, 0.1) is 11.3 Å². The van der Waals surface area contributed by atoms with Gasteiger partial charge in [0, 0.05) is 15.9 Å². The summed E-state index contributed by atoms with van der Waals surface area (Å²) in [6.45, 7) is 4.94. The van der Waals surface area contributed by atoms with E-state index in [-0.39, 0.29) is 18.8 Å². The first-order valence-corrected chi connectivity index (χ1v) is 13.5. The van der Waals surface area contributed by atoms with Crippen LogP contribution >= 0.6 is 8.25 Å². The van der Waals surface area contributed by atoms with Gasteiger partial charge in [-0.05, 0) is 74.9 Å². The lowest BCUT2D eigenvalue weighted by Crippen LogP contribution is -2.43. The minimum Gasteiger partial charge on any atom is -0.355 e. The van der Waals surface area contributed by atoms with E-state index in [1.807, 2.05) is 0 Å². The highest BCUT2D eigenvalue weighted by molar-refractivity contribution is 7.33. The maximum atomic E-state index is 13.6. The number of halogens is 3. The Balaban J connectivity index is 1.58. The lowest BCUT2D eigenvalue weighted by Gasteiger charge is -2.28. The Labute approximate surface area is 235 Å². The highest BCUT2D eigenvalue weighted by Gasteiger charge is 2.52. The van der Waals surface area contributed by atoms with Crippen molar-refractivity contribution in [3.63, 3.8) is 0 Å². The molecule has 0 spiro atoms. The van der Waals surface area contributed by atoms with Crippen molar-refractivity contribution in [2.75, 3.05) is 16.8 Å². The fourth-order valence-corrected chi connectivity index (χ4v) is 4.81. The molecule has 1 saturated heterocycles. The summed E-state index contributed by atoms with van der Waals surface area (Å²) < 4.78 is 62.5. The molecular formula is C28H25F3N4O5P+. The van der Waals surface area contributed by atoms with Crippen molar-refractivity contribution >= 4 is 37.3 Å². The van der Waals surface area contributed by atoms with E-state index < -0.39 is 43.0 Å². The number of nitrogens with one attached hydrogen (secondary N) is 1. The minimum absolute atomic E-state index is 0.0321. The number of amides is 3. The average Bonchev–Trinajstić information content (AvgIpc) is 3.09. The Morgan fingerprint density at radius 1 is 1.05 bits per heavy atom. The molecule has 1 heterocycles. The van der Waals surface area contributed by atoms with Crippen molar-refractivity contribution in [3.05, 3.63) is 83.4 Å². The quantitative estimate of drug-likeness (QED) is 0.210. The van der Waals surface area contributed by atoms with Crippen LogP contribution in [0.1, 0.15) is 37.5 Å². The molecule has 0 aromatic heterocycles. The van der Waals surface area contributed by atoms with Gasteiger partial charge >= 0.3 is 20.5 Å². The standard InChI is InChI=1S/C28H25F3N4O5P/c1-4-39-41(38)40-22-13-10-20(11-14-22)33-24-8-6-5-7-19(24)17-34-26(37)35(25(36)27(34,2)3)21-12-9-18(16-32)23(15-21)28(29,30)31/h5-15,33H,4,17H2,1-3H3/q+1. The van der Waals surface area contributed by atoms with Crippen LogP contribution in [0.4, 0.5) is 35.0 Å². The zero-order chi connectivity index (χ0) is 29.9. The van der Waals surface area contributed by atoms with Crippen molar-refractivity contribution < 1.29 is 36.4 Å². The molecular weight excluding hydrogens is 560 g/mol. The lowest BCUT2D eigenvalue weighted by molar-refractivity contribution is -0.137. The summed E-state index contributed by atoms with van der Waals surface area (Å²) in [6.07, 6.45) is -4.85. The zero-order valence-electron chi connectivity index (χ0n) is 22.2. The predicted molar refractivity (Wildman–Crippen MR) is 145 cm³/mol. The Kier molecular flexibility index (Phi) is 8.33. The molecule has 1 unspecified atom stereocenters. The number of carbonyl (C=O) groups is 2. The van der Waals surface area contributed by atoms with Gasteiger partial charge < -0.3 is 10.2 Å². The molecule has 0 bridgehead atoms. The Hall–Kier alpha value is -4.46. The Morgan fingerprint density at radius 3 is 2.37 bits per heavy atom. The van der Waals surface area contributed by atoms with Gasteiger partial charge in [-0.25, -0.2) is 14.2 Å². The van der Waals surface area contributed by atoms with Crippen LogP contribution in [0.3, 0.4) is 0 Å². The molecule has 3 aromatic rings. The van der Waals surface area contributed by atoms with Crippen molar-refractivity contribution in [2.45, 2.75) is 39.0 Å². The second-order valence-electron chi connectivity index (χ2n) is 9.45. The molecule has 4 rings (SSSR count). The molecule has 1 aliphatic heterocycles. The van der Waals surface area contributed by atoms with Gasteiger partial charge in [0.15, 0.2) is 5.75 Å². The van der Waals surface area contributed by atoms with E-state index >= 15 is 0 Å². The van der Waals surface area contributed by atoms with Crippen molar-refractivity contribution in [1.29, 1.82) is 5.26 Å². The zero-order valence-corrected chi connectivity index (χ0v) is 23.1. The monoisotopic (exact) mass is 585 g/mol. The molecule has 9 nitrogen and oxygen atoms in total.